The Morgan fingerprint density at radius 1 is 0.968 bits per heavy atom. The molecule has 0 saturated carbocycles. The van der Waals surface area contributed by atoms with Gasteiger partial charge >= 0.3 is 0 Å². The first kappa shape index (κ1) is 21.4. The maximum Gasteiger partial charge on any atom is 0.265 e. The highest BCUT2D eigenvalue weighted by atomic mass is 32.2. The van der Waals surface area contributed by atoms with Gasteiger partial charge in [0.2, 0.25) is 0 Å². The number of nitrogens with zero attached hydrogens (tertiary/aromatic N) is 1. The minimum absolute atomic E-state index is 0.186. The SMILES string of the molecule is CSc1ccccc1NC(=O)c1cc2cc(N(C)S(=O)(=O)c3ccccc3)ccc2s1. The minimum Gasteiger partial charge on any atom is -0.320 e. The molecule has 158 valence electrons. The first-order valence-corrected chi connectivity index (χ1v) is 12.9. The Balaban J connectivity index is 1.62. The van der Waals surface area contributed by atoms with E-state index in [-0.39, 0.29) is 10.8 Å². The van der Waals surface area contributed by atoms with Crippen LogP contribution in [0.15, 0.2) is 88.7 Å². The number of carbonyl (C=O) groups excluding carboxylic acids is 1. The number of sulfonamides is 1. The molecule has 0 aliphatic heterocycles. The number of hydrogen-bond donors (Lipinski definition) is 1. The van der Waals surface area contributed by atoms with Crippen LogP contribution in [-0.4, -0.2) is 27.6 Å². The Kier molecular flexibility index (Phi) is 6.04. The van der Waals surface area contributed by atoms with Crippen LogP contribution < -0.4 is 9.62 Å². The van der Waals surface area contributed by atoms with Crippen LogP contribution >= 0.6 is 23.1 Å². The molecule has 1 amide bonds. The highest BCUT2D eigenvalue weighted by Crippen LogP contribution is 2.32. The largest absolute Gasteiger partial charge is 0.320 e. The molecule has 3 aromatic carbocycles. The molecular formula is C23H20N2O3S3. The highest BCUT2D eigenvalue weighted by molar-refractivity contribution is 7.98. The summed E-state index contributed by atoms with van der Waals surface area (Å²) in [5.41, 5.74) is 1.31. The first-order valence-electron chi connectivity index (χ1n) is 9.42. The van der Waals surface area contributed by atoms with E-state index in [4.69, 9.17) is 0 Å². The number of thiophene rings is 1. The Bertz CT molecular complexity index is 1350. The molecule has 0 radical (unpaired) electrons. The summed E-state index contributed by atoms with van der Waals surface area (Å²) in [5, 5.41) is 3.79. The number of rotatable bonds is 6. The first-order chi connectivity index (χ1) is 14.9. The van der Waals surface area contributed by atoms with Crippen molar-refractivity contribution in [2.75, 3.05) is 22.9 Å². The summed E-state index contributed by atoms with van der Waals surface area (Å²) in [7, 11) is -2.13. The van der Waals surface area contributed by atoms with Gasteiger partial charge in [-0.05, 0) is 60.2 Å². The topological polar surface area (TPSA) is 66.5 Å². The summed E-state index contributed by atoms with van der Waals surface area (Å²) in [6.07, 6.45) is 1.96. The van der Waals surface area contributed by atoms with Crippen LogP contribution in [0.3, 0.4) is 0 Å². The third-order valence-corrected chi connectivity index (χ3v) is 8.55. The zero-order valence-electron chi connectivity index (χ0n) is 16.9. The molecule has 0 bridgehead atoms. The van der Waals surface area contributed by atoms with Crippen molar-refractivity contribution in [1.82, 2.24) is 0 Å². The van der Waals surface area contributed by atoms with E-state index in [0.29, 0.717) is 10.6 Å². The Hall–Kier alpha value is -2.81. The lowest BCUT2D eigenvalue weighted by molar-refractivity contribution is 0.103. The van der Waals surface area contributed by atoms with Crippen LogP contribution in [0.5, 0.6) is 0 Å². The monoisotopic (exact) mass is 468 g/mol. The standard InChI is InChI=1S/C23H20N2O3S3/c1-25(31(27,28)18-8-4-3-5-9-18)17-12-13-20-16(14-17)15-22(30-20)23(26)24-19-10-6-7-11-21(19)29-2/h3-15H,1-2H3,(H,24,26). The van der Waals surface area contributed by atoms with Gasteiger partial charge in [0.15, 0.2) is 0 Å². The number of carbonyl (C=O) groups is 1. The second-order valence-corrected chi connectivity index (χ2v) is 10.7. The van der Waals surface area contributed by atoms with E-state index in [0.717, 1.165) is 20.7 Å². The van der Waals surface area contributed by atoms with Gasteiger partial charge in [-0.15, -0.1) is 23.1 Å². The molecule has 0 aliphatic rings. The molecule has 1 aromatic heterocycles. The van der Waals surface area contributed by atoms with Crippen LogP contribution in [0, 0.1) is 0 Å². The molecule has 0 unspecified atom stereocenters. The molecule has 1 heterocycles. The van der Waals surface area contributed by atoms with E-state index < -0.39 is 10.0 Å². The number of thioether (sulfide) groups is 1. The molecule has 0 aliphatic carbocycles. The molecule has 0 spiro atoms. The normalized spacial score (nSPS) is 11.4. The van der Waals surface area contributed by atoms with Crippen molar-refractivity contribution >= 4 is 60.5 Å². The zero-order valence-corrected chi connectivity index (χ0v) is 19.4. The van der Waals surface area contributed by atoms with Gasteiger partial charge < -0.3 is 5.32 Å². The van der Waals surface area contributed by atoms with Gasteiger partial charge in [-0.3, -0.25) is 9.10 Å². The third kappa shape index (κ3) is 4.32. The predicted octanol–water partition coefficient (Wildman–Crippen LogP) is 5.70. The molecule has 0 atom stereocenters. The van der Waals surface area contributed by atoms with E-state index in [1.807, 2.05) is 36.6 Å². The summed E-state index contributed by atoms with van der Waals surface area (Å²) in [4.78, 5) is 14.6. The van der Waals surface area contributed by atoms with Crippen LogP contribution in [0.4, 0.5) is 11.4 Å². The van der Waals surface area contributed by atoms with Gasteiger partial charge in [0.1, 0.15) is 0 Å². The molecule has 31 heavy (non-hydrogen) atoms. The zero-order chi connectivity index (χ0) is 22.0. The lowest BCUT2D eigenvalue weighted by Gasteiger charge is -2.19. The van der Waals surface area contributed by atoms with Gasteiger partial charge in [-0.1, -0.05) is 30.3 Å². The fourth-order valence-electron chi connectivity index (χ4n) is 3.16. The second-order valence-electron chi connectivity index (χ2n) is 6.77. The minimum atomic E-state index is -3.66. The molecule has 4 rings (SSSR count). The molecule has 5 nitrogen and oxygen atoms in total. The summed E-state index contributed by atoms with van der Waals surface area (Å²) in [6.45, 7) is 0. The average Bonchev–Trinajstić information content (AvgIpc) is 3.23. The lowest BCUT2D eigenvalue weighted by Crippen LogP contribution is -2.26. The lowest BCUT2D eigenvalue weighted by atomic mass is 10.2. The Labute approximate surface area is 189 Å². The number of fused-ring (bicyclic) bond motifs is 1. The molecule has 8 heteroatoms. The van der Waals surface area contributed by atoms with Gasteiger partial charge in [0.05, 0.1) is 21.1 Å². The van der Waals surface area contributed by atoms with Crippen LogP contribution in [0.25, 0.3) is 10.1 Å². The molecule has 4 aromatic rings. The van der Waals surface area contributed by atoms with E-state index in [1.54, 1.807) is 60.3 Å². The summed E-state index contributed by atoms with van der Waals surface area (Å²) >= 11 is 2.95. The molecule has 1 N–H and O–H groups in total. The maximum absolute atomic E-state index is 12.9. The number of nitrogens with one attached hydrogen (secondary N) is 1. The van der Waals surface area contributed by atoms with Crippen molar-refractivity contribution in [3.63, 3.8) is 0 Å². The molecular weight excluding hydrogens is 448 g/mol. The summed E-state index contributed by atoms with van der Waals surface area (Å²) in [6, 6.07) is 23.2. The maximum atomic E-state index is 12.9. The van der Waals surface area contributed by atoms with Crippen molar-refractivity contribution in [3.05, 3.63) is 83.7 Å². The second kappa shape index (κ2) is 8.74. The van der Waals surface area contributed by atoms with Crippen molar-refractivity contribution in [2.45, 2.75) is 9.79 Å². The van der Waals surface area contributed by atoms with Crippen molar-refractivity contribution in [3.8, 4) is 0 Å². The van der Waals surface area contributed by atoms with Crippen LogP contribution in [0.1, 0.15) is 9.67 Å². The third-order valence-electron chi connectivity index (χ3n) is 4.84. The molecule has 0 saturated heterocycles. The Morgan fingerprint density at radius 2 is 1.68 bits per heavy atom. The van der Waals surface area contributed by atoms with Crippen molar-refractivity contribution < 1.29 is 13.2 Å². The Morgan fingerprint density at radius 3 is 2.42 bits per heavy atom. The predicted molar refractivity (Wildman–Crippen MR) is 130 cm³/mol. The number of benzene rings is 3. The summed E-state index contributed by atoms with van der Waals surface area (Å²) < 4.78 is 28.0. The van der Waals surface area contributed by atoms with E-state index in [2.05, 4.69) is 5.32 Å². The summed E-state index contributed by atoms with van der Waals surface area (Å²) in [5.74, 6) is -0.186. The number of amides is 1. The van der Waals surface area contributed by atoms with E-state index in [9.17, 15) is 13.2 Å². The van der Waals surface area contributed by atoms with Crippen molar-refractivity contribution in [2.24, 2.45) is 0 Å². The van der Waals surface area contributed by atoms with E-state index in [1.165, 1.54) is 22.7 Å². The fraction of sp³-hybridized carbons (Fsp3) is 0.0870. The number of hydrogen-bond acceptors (Lipinski definition) is 5. The van der Waals surface area contributed by atoms with Gasteiger partial charge in [-0.2, -0.15) is 0 Å². The molecule has 0 fully saturated rings. The number of para-hydroxylation sites is 1. The number of anilines is 2. The average molecular weight is 469 g/mol. The van der Waals surface area contributed by atoms with Gasteiger partial charge in [0.25, 0.3) is 15.9 Å². The highest BCUT2D eigenvalue weighted by Gasteiger charge is 2.21. The van der Waals surface area contributed by atoms with Crippen molar-refractivity contribution in [1.29, 1.82) is 0 Å². The van der Waals surface area contributed by atoms with E-state index >= 15 is 0 Å². The van der Waals surface area contributed by atoms with Gasteiger partial charge in [0, 0.05) is 16.6 Å². The quantitative estimate of drug-likeness (QED) is 0.369. The van der Waals surface area contributed by atoms with Crippen LogP contribution in [0.2, 0.25) is 0 Å². The smallest absolute Gasteiger partial charge is 0.265 e. The van der Waals surface area contributed by atoms with Gasteiger partial charge in [-0.25, -0.2) is 8.42 Å². The fourth-order valence-corrected chi connectivity index (χ4v) is 5.86. The van der Waals surface area contributed by atoms with Crippen LogP contribution in [-0.2, 0) is 10.0 Å².